The van der Waals surface area contributed by atoms with Gasteiger partial charge in [-0.15, -0.1) is 24.0 Å². The third-order valence-corrected chi connectivity index (χ3v) is 4.39. The minimum atomic E-state index is -4.09. The molecule has 0 aliphatic carbocycles. The van der Waals surface area contributed by atoms with Crippen LogP contribution in [0.15, 0.2) is 4.99 Å². The minimum Gasteiger partial charge on any atom is -0.381 e. The summed E-state index contributed by atoms with van der Waals surface area (Å²) in [6.07, 6.45) is -0.552. The normalized spacial score (nSPS) is 17.1. The van der Waals surface area contributed by atoms with Crippen LogP contribution in [0.25, 0.3) is 0 Å². The highest BCUT2D eigenvalue weighted by molar-refractivity contribution is 14.0. The zero-order valence-corrected chi connectivity index (χ0v) is 19.1. The summed E-state index contributed by atoms with van der Waals surface area (Å²) in [5.74, 6) is 1.80. The van der Waals surface area contributed by atoms with Gasteiger partial charge in [0.25, 0.3) is 0 Å². The van der Waals surface area contributed by atoms with E-state index in [-0.39, 0.29) is 24.0 Å². The molecule has 0 atom stereocenters. The number of halogens is 4. The number of alkyl halides is 3. The number of guanidine groups is 1. The lowest BCUT2D eigenvalue weighted by atomic mass is 9.93. The molecule has 0 radical (unpaired) electrons. The molecule has 27 heavy (non-hydrogen) atoms. The largest absolute Gasteiger partial charge is 0.401 e. The molecule has 1 rings (SSSR count). The number of aliphatic imine (C=N–C) groups is 1. The van der Waals surface area contributed by atoms with Gasteiger partial charge in [-0.1, -0.05) is 13.8 Å². The maximum Gasteiger partial charge on any atom is 0.401 e. The third kappa shape index (κ3) is 14.4. The lowest BCUT2D eigenvalue weighted by molar-refractivity contribution is -0.148. The molecule has 0 aromatic carbocycles. The van der Waals surface area contributed by atoms with E-state index in [0.29, 0.717) is 24.9 Å². The molecule has 0 spiro atoms. The number of piperidine rings is 1. The maximum absolute atomic E-state index is 12.4. The highest BCUT2D eigenvalue weighted by atomic mass is 127. The average molecular weight is 508 g/mol. The number of nitrogens with one attached hydrogen (secondary N) is 2. The summed E-state index contributed by atoms with van der Waals surface area (Å²) in [5, 5.41) is 6.53. The number of nitrogens with zero attached hydrogens (tertiary/aromatic N) is 2. The van der Waals surface area contributed by atoms with Gasteiger partial charge < -0.3 is 15.4 Å². The van der Waals surface area contributed by atoms with Crippen molar-refractivity contribution in [2.45, 2.75) is 45.7 Å². The van der Waals surface area contributed by atoms with E-state index in [1.165, 1.54) is 4.90 Å². The summed E-state index contributed by atoms with van der Waals surface area (Å²) in [6, 6.07) is 0. The summed E-state index contributed by atoms with van der Waals surface area (Å²) in [6.45, 7) is 7.65. The van der Waals surface area contributed by atoms with E-state index in [1.54, 1.807) is 7.05 Å². The van der Waals surface area contributed by atoms with Gasteiger partial charge >= 0.3 is 6.18 Å². The van der Waals surface area contributed by atoms with Gasteiger partial charge in [0.15, 0.2) is 5.96 Å². The fourth-order valence-corrected chi connectivity index (χ4v) is 3.00. The SMILES string of the molecule is CN=C(NCCCOCC(C)C)NCCC1CCN(CC(F)(F)F)CC1.I. The van der Waals surface area contributed by atoms with Crippen LogP contribution in [0.1, 0.15) is 39.5 Å². The van der Waals surface area contributed by atoms with Gasteiger partial charge in [0.05, 0.1) is 6.54 Å². The molecule has 0 unspecified atom stereocenters. The zero-order valence-electron chi connectivity index (χ0n) is 16.8. The second kappa shape index (κ2) is 14.7. The summed E-state index contributed by atoms with van der Waals surface area (Å²) in [5.41, 5.74) is 0. The van der Waals surface area contributed by atoms with Crippen molar-refractivity contribution in [1.29, 1.82) is 0 Å². The summed E-state index contributed by atoms with van der Waals surface area (Å²) < 4.78 is 42.7. The molecule has 0 saturated carbocycles. The highest BCUT2D eigenvalue weighted by Gasteiger charge is 2.32. The van der Waals surface area contributed by atoms with Crippen molar-refractivity contribution in [3.63, 3.8) is 0 Å². The number of ether oxygens (including phenoxy) is 1. The Balaban J connectivity index is 0.00000676. The van der Waals surface area contributed by atoms with Crippen LogP contribution < -0.4 is 10.6 Å². The number of likely N-dealkylation sites (tertiary alicyclic amines) is 1. The smallest absolute Gasteiger partial charge is 0.381 e. The topological polar surface area (TPSA) is 48.9 Å². The molecule has 5 nitrogen and oxygen atoms in total. The molecule has 1 saturated heterocycles. The van der Waals surface area contributed by atoms with Gasteiger partial charge in [-0.25, -0.2) is 0 Å². The Morgan fingerprint density at radius 3 is 2.37 bits per heavy atom. The van der Waals surface area contributed by atoms with Crippen molar-refractivity contribution < 1.29 is 17.9 Å². The molecule has 1 aliphatic rings. The van der Waals surface area contributed by atoms with Crippen molar-refractivity contribution in [3.8, 4) is 0 Å². The first-order valence-electron chi connectivity index (χ1n) is 9.61. The molecule has 1 fully saturated rings. The summed E-state index contributed by atoms with van der Waals surface area (Å²) in [4.78, 5) is 5.70. The molecule has 0 amide bonds. The molecule has 2 N–H and O–H groups in total. The van der Waals surface area contributed by atoms with E-state index in [1.807, 2.05) is 0 Å². The van der Waals surface area contributed by atoms with E-state index in [2.05, 4.69) is 29.5 Å². The molecular formula is C18H36F3IN4O. The van der Waals surface area contributed by atoms with Crippen molar-refractivity contribution in [2.75, 3.05) is 53.0 Å². The molecule has 0 bridgehead atoms. The lowest BCUT2D eigenvalue weighted by Crippen LogP contribution is -2.41. The van der Waals surface area contributed by atoms with Crippen molar-refractivity contribution in [3.05, 3.63) is 0 Å². The fourth-order valence-electron chi connectivity index (χ4n) is 3.00. The van der Waals surface area contributed by atoms with Gasteiger partial charge in [0, 0.05) is 33.4 Å². The van der Waals surface area contributed by atoms with Crippen LogP contribution in [0.2, 0.25) is 0 Å². The second-order valence-corrected chi connectivity index (χ2v) is 7.37. The fraction of sp³-hybridized carbons (Fsp3) is 0.944. The predicted octanol–water partition coefficient (Wildman–Crippen LogP) is 3.50. The summed E-state index contributed by atoms with van der Waals surface area (Å²) in [7, 11) is 1.74. The van der Waals surface area contributed by atoms with Crippen LogP contribution in [0.5, 0.6) is 0 Å². The molecule has 0 aromatic rings. The number of hydrogen-bond donors (Lipinski definition) is 2. The molecule has 0 aromatic heterocycles. The first kappa shape index (κ1) is 26.7. The van der Waals surface area contributed by atoms with E-state index >= 15 is 0 Å². The van der Waals surface area contributed by atoms with E-state index in [4.69, 9.17) is 4.74 Å². The van der Waals surface area contributed by atoms with Crippen molar-refractivity contribution >= 4 is 29.9 Å². The third-order valence-electron chi connectivity index (χ3n) is 4.39. The van der Waals surface area contributed by atoms with Gasteiger partial charge in [-0.05, 0) is 50.6 Å². The van der Waals surface area contributed by atoms with Crippen LogP contribution in [0, 0.1) is 11.8 Å². The Bertz CT molecular complexity index is 401. The maximum atomic E-state index is 12.4. The van der Waals surface area contributed by atoms with Crippen LogP contribution in [-0.2, 0) is 4.74 Å². The van der Waals surface area contributed by atoms with Crippen LogP contribution in [-0.4, -0.2) is 70.0 Å². The number of rotatable bonds is 10. The van der Waals surface area contributed by atoms with Gasteiger partial charge in [0.1, 0.15) is 0 Å². The monoisotopic (exact) mass is 508 g/mol. The predicted molar refractivity (Wildman–Crippen MR) is 115 cm³/mol. The van der Waals surface area contributed by atoms with Crippen LogP contribution in [0.3, 0.4) is 0 Å². The van der Waals surface area contributed by atoms with E-state index in [0.717, 1.165) is 57.9 Å². The van der Waals surface area contributed by atoms with Gasteiger partial charge in [0.2, 0.25) is 0 Å². The second-order valence-electron chi connectivity index (χ2n) is 7.37. The van der Waals surface area contributed by atoms with E-state index in [9.17, 15) is 13.2 Å². The minimum absolute atomic E-state index is 0. The van der Waals surface area contributed by atoms with Gasteiger partial charge in [-0.2, -0.15) is 13.2 Å². The van der Waals surface area contributed by atoms with E-state index < -0.39 is 12.7 Å². The van der Waals surface area contributed by atoms with Crippen molar-refractivity contribution in [2.24, 2.45) is 16.8 Å². The molecule has 162 valence electrons. The molecule has 9 heteroatoms. The Hall–Kier alpha value is -0.290. The first-order valence-corrected chi connectivity index (χ1v) is 9.61. The standard InChI is InChI=1S/C18H35F3N4O.HI/c1-15(2)13-26-12-4-8-23-17(22-3)24-9-5-16-6-10-25(11-7-16)14-18(19,20)21;/h15-16H,4-14H2,1-3H3,(H2,22,23,24);1H. The Labute approximate surface area is 178 Å². The van der Waals surface area contributed by atoms with Crippen LogP contribution in [0.4, 0.5) is 13.2 Å². The van der Waals surface area contributed by atoms with Crippen LogP contribution >= 0.6 is 24.0 Å². The zero-order chi connectivity index (χ0) is 19.4. The highest BCUT2D eigenvalue weighted by Crippen LogP contribution is 2.23. The Morgan fingerprint density at radius 1 is 1.19 bits per heavy atom. The Kier molecular flexibility index (Phi) is 14.5. The molecule has 1 aliphatic heterocycles. The molecular weight excluding hydrogens is 472 g/mol. The summed E-state index contributed by atoms with van der Waals surface area (Å²) >= 11 is 0. The van der Waals surface area contributed by atoms with Crippen molar-refractivity contribution in [1.82, 2.24) is 15.5 Å². The quantitative estimate of drug-likeness (QED) is 0.205. The first-order chi connectivity index (χ1) is 12.3. The van der Waals surface area contributed by atoms with Gasteiger partial charge in [-0.3, -0.25) is 9.89 Å². The molecule has 1 heterocycles. The lowest BCUT2D eigenvalue weighted by Gasteiger charge is -2.32. The average Bonchev–Trinajstić information content (AvgIpc) is 2.56. The Morgan fingerprint density at radius 2 is 1.81 bits per heavy atom. The number of hydrogen-bond acceptors (Lipinski definition) is 3.